The molecule has 8 heteroatoms. The Morgan fingerprint density at radius 1 is 1.00 bits per heavy atom. The van der Waals surface area contributed by atoms with Crippen LogP contribution in [0.1, 0.15) is 17.3 Å². The van der Waals surface area contributed by atoms with Gasteiger partial charge >= 0.3 is 5.69 Å². The average Bonchev–Trinajstić information content (AvgIpc) is 2.99. The third kappa shape index (κ3) is 4.13. The number of carbonyl (C=O) groups is 1. The van der Waals surface area contributed by atoms with Crippen molar-refractivity contribution in [2.75, 3.05) is 11.9 Å². The maximum Gasteiger partial charge on any atom is 0.328 e. The van der Waals surface area contributed by atoms with E-state index in [0.29, 0.717) is 28.6 Å². The van der Waals surface area contributed by atoms with Gasteiger partial charge in [0.25, 0.3) is 5.91 Å². The third-order valence-electron chi connectivity index (χ3n) is 5.11. The van der Waals surface area contributed by atoms with Crippen molar-refractivity contribution in [2.45, 2.75) is 16.7 Å². The number of anilines is 1. The lowest BCUT2D eigenvalue weighted by Gasteiger charge is -2.14. The van der Waals surface area contributed by atoms with Crippen LogP contribution in [0.3, 0.4) is 0 Å². The predicted octanol–water partition coefficient (Wildman–Crippen LogP) is 5.33. The van der Waals surface area contributed by atoms with Gasteiger partial charge in [-0.15, -0.1) is 0 Å². The second kappa shape index (κ2) is 9.14. The van der Waals surface area contributed by atoms with Crippen LogP contribution in [0.4, 0.5) is 5.69 Å². The summed E-state index contributed by atoms with van der Waals surface area (Å²) in [4.78, 5) is 27.3. The fourth-order valence-corrected chi connectivity index (χ4v) is 4.67. The number of nitrogens with one attached hydrogen (secondary N) is 1. The van der Waals surface area contributed by atoms with Crippen molar-refractivity contribution in [2.24, 2.45) is 14.1 Å². The van der Waals surface area contributed by atoms with Gasteiger partial charge in [-0.3, -0.25) is 13.9 Å². The summed E-state index contributed by atoms with van der Waals surface area (Å²) in [6.45, 7) is 2.33. The van der Waals surface area contributed by atoms with Crippen LogP contribution >= 0.6 is 23.4 Å². The minimum atomic E-state index is -0.296. The van der Waals surface area contributed by atoms with Crippen molar-refractivity contribution in [1.82, 2.24) is 9.13 Å². The molecule has 0 atom stereocenters. The first kappa shape index (κ1) is 22.0. The standard InChI is InChI=1S/C24H22ClN3O3S/c1-4-31-20-11-7-5-9-15(20)23(29)26-17-13-18-19(28(3)24(30)27(18)2)14-22(17)32-21-12-8-6-10-16(21)25/h5-14H,4H2,1-3H3,(H,26,29). The smallest absolute Gasteiger partial charge is 0.328 e. The van der Waals surface area contributed by atoms with Gasteiger partial charge in [-0.1, -0.05) is 47.6 Å². The predicted molar refractivity (Wildman–Crippen MR) is 129 cm³/mol. The van der Waals surface area contributed by atoms with Crippen molar-refractivity contribution in [3.8, 4) is 5.75 Å². The molecule has 0 radical (unpaired) electrons. The summed E-state index contributed by atoms with van der Waals surface area (Å²) in [6.07, 6.45) is 0. The number of ether oxygens (including phenoxy) is 1. The van der Waals surface area contributed by atoms with Crippen molar-refractivity contribution in [3.05, 3.63) is 81.7 Å². The zero-order chi connectivity index (χ0) is 22.8. The highest BCUT2D eigenvalue weighted by molar-refractivity contribution is 7.99. The van der Waals surface area contributed by atoms with Crippen LogP contribution in [0.5, 0.6) is 5.75 Å². The molecule has 4 aromatic rings. The molecule has 4 rings (SSSR count). The number of aryl methyl sites for hydroxylation is 2. The minimum Gasteiger partial charge on any atom is -0.493 e. The molecule has 0 aliphatic rings. The molecule has 0 spiro atoms. The number of para-hydroxylation sites is 1. The maximum absolute atomic E-state index is 13.2. The first-order valence-corrected chi connectivity index (χ1v) is 11.2. The Kier molecular flexibility index (Phi) is 6.30. The number of rotatable bonds is 6. The summed E-state index contributed by atoms with van der Waals surface area (Å²) in [7, 11) is 3.44. The van der Waals surface area contributed by atoms with E-state index >= 15 is 0 Å². The van der Waals surface area contributed by atoms with E-state index in [1.54, 1.807) is 41.4 Å². The van der Waals surface area contributed by atoms with Crippen LogP contribution in [0.25, 0.3) is 11.0 Å². The lowest BCUT2D eigenvalue weighted by molar-refractivity contribution is 0.102. The van der Waals surface area contributed by atoms with Crippen LogP contribution in [0, 0.1) is 0 Å². The normalized spacial score (nSPS) is 11.0. The van der Waals surface area contributed by atoms with Gasteiger partial charge < -0.3 is 10.1 Å². The van der Waals surface area contributed by atoms with Gasteiger partial charge in [-0.05, 0) is 43.3 Å². The van der Waals surface area contributed by atoms with Crippen LogP contribution in [0.2, 0.25) is 5.02 Å². The Hall–Kier alpha value is -3.16. The van der Waals surface area contributed by atoms with Gasteiger partial charge in [-0.2, -0.15) is 0 Å². The molecule has 0 unspecified atom stereocenters. The number of carbonyl (C=O) groups excluding carboxylic acids is 1. The van der Waals surface area contributed by atoms with Gasteiger partial charge in [0, 0.05) is 23.9 Å². The van der Waals surface area contributed by atoms with E-state index in [2.05, 4.69) is 5.32 Å². The first-order valence-electron chi connectivity index (χ1n) is 10.1. The zero-order valence-corrected chi connectivity index (χ0v) is 19.5. The number of aromatic nitrogens is 2. The van der Waals surface area contributed by atoms with E-state index in [9.17, 15) is 9.59 Å². The monoisotopic (exact) mass is 467 g/mol. The van der Waals surface area contributed by atoms with Gasteiger partial charge in [0.05, 0.1) is 33.9 Å². The molecule has 0 bridgehead atoms. The molecule has 3 aromatic carbocycles. The van der Waals surface area contributed by atoms with E-state index in [-0.39, 0.29) is 11.6 Å². The summed E-state index contributed by atoms with van der Waals surface area (Å²) >= 11 is 7.81. The highest BCUT2D eigenvalue weighted by Crippen LogP contribution is 2.39. The molecule has 1 N–H and O–H groups in total. The Morgan fingerprint density at radius 2 is 1.66 bits per heavy atom. The number of imidazole rings is 1. The largest absolute Gasteiger partial charge is 0.493 e. The lowest BCUT2D eigenvalue weighted by atomic mass is 10.1. The SMILES string of the molecule is CCOc1ccccc1C(=O)Nc1cc2c(cc1Sc1ccccc1Cl)n(C)c(=O)n2C. The number of amides is 1. The van der Waals surface area contributed by atoms with E-state index in [4.69, 9.17) is 16.3 Å². The number of nitrogens with zero attached hydrogens (tertiary/aromatic N) is 2. The molecular formula is C24H22ClN3O3S. The maximum atomic E-state index is 13.2. The van der Waals surface area contributed by atoms with Gasteiger partial charge in [0.15, 0.2) is 0 Å². The highest BCUT2D eigenvalue weighted by Gasteiger charge is 2.18. The second-order valence-corrected chi connectivity index (χ2v) is 8.64. The molecular weight excluding hydrogens is 446 g/mol. The van der Waals surface area contributed by atoms with Crippen molar-refractivity contribution in [3.63, 3.8) is 0 Å². The van der Waals surface area contributed by atoms with E-state index in [1.807, 2.05) is 49.4 Å². The number of halogens is 1. The van der Waals surface area contributed by atoms with Gasteiger partial charge in [0.2, 0.25) is 0 Å². The summed E-state index contributed by atoms with van der Waals surface area (Å²) in [6, 6.07) is 18.3. The quantitative estimate of drug-likeness (QED) is 0.416. The molecule has 0 saturated carbocycles. The Labute approximate surface area is 194 Å². The van der Waals surface area contributed by atoms with Crippen LogP contribution < -0.4 is 15.7 Å². The van der Waals surface area contributed by atoms with Crippen LogP contribution in [0.15, 0.2) is 75.2 Å². The highest BCUT2D eigenvalue weighted by atomic mass is 35.5. The molecule has 1 aromatic heterocycles. The summed E-state index contributed by atoms with van der Waals surface area (Å²) < 4.78 is 8.76. The van der Waals surface area contributed by atoms with Crippen molar-refractivity contribution >= 4 is 46.0 Å². The lowest BCUT2D eigenvalue weighted by Crippen LogP contribution is -2.19. The fraction of sp³-hybridized carbons (Fsp3) is 0.167. The molecule has 6 nitrogen and oxygen atoms in total. The molecule has 0 aliphatic carbocycles. The molecule has 164 valence electrons. The van der Waals surface area contributed by atoms with Crippen LogP contribution in [-0.2, 0) is 14.1 Å². The number of hydrogen-bond acceptors (Lipinski definition) is 4. The molecule has 1 heterocycles. The third-order valence-corrected chi connectivity index (χ3v) is 6.68. The Morgan fingerprint density at radius 3 is 2.38 bits per heavy atom. The number of hydrogen-bond donors (Lipinski definition) is 1. The molecule has 0 saturated heterocycles. The fourth-order valence-electron chi connectivity index (χ4n) is 3.48. The summed E-state index contributed by atoms with van der Waals surface area (Å²) in [5.41, 5.74) is 2.36. The average molecular weight is 468 g/mol. The first-order chi connectivity index (χ1) is 15.4. The number of fused-ring (bicyclic) bond motifs is 1. The molecule has 32 heavy (non-hydrogen) atoms. The topological polar surface area (TPSA) is 65.3 Å². The summed E-state index contributed by atoms with van der Waals surface area (Å²) in [5, 5.41) is 3.62. The molecule has 1 amide bonds. The van der Waals surface area contributed by atoms with Gasteiger partial charge in [-0.25, -0.2) is 4.79 Å². The van der Waals surface area contributed by atoms with E-state index in [1.165, 1.54) is 11.8 Å². The molecule has 0 aliphatic heterocycles. The summed E-state index contributed by atoms with van der Waals surface area (Å²) in [5.74, 6) is 0.219. The van der Waals surface area contributed by atoms with Crippen molar-refractivity contribution in [1.29, 1.82) is 0 Å². The van der Waals surface area contributed by atoms with Crippen LogP contribution in [-0.4, -0.2) is 21.6 Å². The second-order valence-electron chi connectivity index (χ2n) is 7.15. The minimum absolute atomic E-state index is 0.140. The van der Waals surface area contributed by atoms with Crippen molar-refractivity contribution < 1.29 is 9.53 Å². The van der Waals surface area contributed by atoms with E-state index in [0.717, 1.165) is 20.8 Å². The zero-order valence-electron chi connectivity index (χ0n) is 17.9. The molecule has 0 fully saturated rings. The van der Waals surface area contributed by atoms with E-state index < -0.39 is 0 Å². The number of benzene rings is 3. The Bertz CT molecular complexity index is 1380. The Balaban J connectivity index is 1.82. The van der Waals surface area contributed by atoms with Gasteiger partial charge in [0.1, 0.15) is 5.75 Å².